The first-order valence-electron chi connectivity index (χ1n) is 4.52. The van der Waals surface area contributed by atoms with Gasteiger partial charge in [-0.1, -0.05) is 31.0 Å². The number of hydrogen-bond donors (Lipinski definition) is 1. The van der Waals surface area contributed by atoms with Crippen molar-refractivity contribution in [2.24, 2.45) is 0 Å². The van der Waals surface area contributed by atoms with Crippen molar-refractivity contribution >= 4 is 37.7 Å². The number of aromatic hydroxyl groups is 1. The van der Waals surface area contributed by atoms with Crippen LogP contribution >= 0.6 is 0 Å². The van der Waals surface area contributed by atoms with E-state index in [4.69, 9.17) is 0 Å². The number of rotatable bonds is 3. The van der Waals surface area contributed by atoms with Gasteiger partial charge in [-0.2, -0.15) is 0 Å². The number of phenols is 1. The first kappa shape index (κ1) is 13.3. The molecule has 1 nitrogen and oxygen atoms in total. The molecule has 0 aliphatic heterocycles. The standard InChI is InChI=1S/C11H16O.Ca.2H/c1-3-4-5-10-8-9(2)6-7-11(10)12;;;/h6-8,12H,3-5H2,1-2H3;;;/q;+2;2*-1. The molecule has 0 amide bonds. The Morgan fingerprint density at radius 3 is 2.69 bits per heavy atom. The summed E-state index contributed by atoms with van der Waals surface area (Å²) in [5, 5.41) is 9.46. The Hall–Kier alpha value is 0.280. The topological polar surface area (TPSA) is 20.2 Å². The van der Waals surface area contributed by atoms with E-state index in [9.17, 15) is 5.11 Å². The molecule has 0 fully saturated rings. The van der Waals surface area contributed by atoms with Crippen molar-refractivity contribution in [3.05, 3.63) is 29.3 Å². The van der Waals surface area contributed by atoms with Gasteiger partial charge in [0, 0.05) is 0 Å². The van der Waals surface area contributed by atoms with Crippen LogP contribution in [0.15, 0.2) is 18.2 Å². The summed E-state index contributed by atoms with van der Waals surface area (Å²) in [5.41, 5.74) is 2.30. The van der Waals surface area contributed by atoms with Gasteiger partial charge in [0.2, 0.25) is 0 Å². The summed E-state index contributed by atoms with van der Waals surface area (Å²) in [5.74, 6) is 0.439. The fourth-order valence-corrected chi connectivity index (χ4v) is 1.28. The van der Waals surface area contributed by atoms with Crippen LogP contribution in [0.25, 0.3) is 0 Å². The van der Waals surface area contributed by atoms with Crippen LogP contribution in [0, 0.1) is 6.92 Å². The molecular weight excluding hydrogens is 188 g/mol. The zero-order valence-corrected chi connectivity index (χ0v) is 10.7. The summed E-state index contributed by atoms with van der Waals surface area (Å²) in [6.07, 6.45) is 3.31. The minimum atomic E-state index is 0. The summed E-state index contributed by atoms with van der Waals surface area (Å²) in [6.45, 7) is 4.21. The summed E-state index contributed by atoms with van der Waals surface area (Å²) in [4.78, 5) is 0. The third-order valence-corrected chi connectivity index (χ3v) is 2.03. The summed E-state index contributed by atoms with van der Waals surface area (Å²) in [7, 11) is 0. The second-order valence-corrected chi connectivity index (χ2v) is 3.24. The van der Waals surface area contributed by atoms with E-state index in [1.807, 2.05) is 6.07 Å². The van der Waals surface area contributed by atoms with Crippen LogP contribution in [-0.4, -0.2) is 42.8 Å². The Labute approximate surface area is 113 Å². The summed E-state index contributed by atoms with van der Waals surface area (Å²) in [6, 6.07) is 5.77. The monoisotopic (exact) mass is 206 g/mol. The van der Waals surface area contributed by atoms with E-state index < -0.39 is 0 Å². The predicted octanol–water partition coefficient (Wildman–Crippen LogP) is 2.89. The van der Waals surface area contributed by atoms with Crippen LogP contribution in [0.3, 0.4) is 0 Å². The van der Waals surface area contributed by atoms with E-state index in [2.05, 4.69) is 19.9 Å². The SMILES string of the molecule is CCCCc1cc(C)ccc1O.[Ca+2].[H-].[H-]. The Morgan fingerprint density at radius 1 is 1.38 bits per heavy atom. The van der Waals surface area contributed by atoms with Gasteiger partial charge >= 0.3 is 37.7 Å². The quantitative estimate of drug-likeness (QED) is 0.754. The molecule has 0 unspecified atom stereocenters. The molecule has 1 aromatic carbocycles. The van der Waals surface area contributed by atoms with E-state index >= 15 is 0 Å². The summed E-state index contributed by atoms with van der Waals surface area (Å²) < 4.78 is 0. The Bertz CT molecular complexity index is 267. The second-order valence-electron chi connectivity index (χ2n) is 3.24. The number of benzene rings is 1. The van der Waals surface area contributed by atoms with Crippen LogP contribution in [0.2, 0.25) is 0 Å². The maximum atomic E-state index is 9.46. The molecule has 0 aliphatic carbocycles. The molecular formula is C11H18CaO. The molecule has 1 rings (SSSR count). The van der Waals surface area contributed by atoms with E-state index in [0.29, 0.717) is 5.75 Å². The van der Waals surface area contributed by atoms with Gasteiger partial charge in [-0.3, -0.25) is 0 Å². The van der Waals surface area contributed by atoms with E-state index in [1.54, 1.807) is 6.07 Å². The number of phenolic OH excluding ortho intramolecular Hbond substituents is 1. The van der Waals surface area contributed by atoms with Crippen molar-refractivity contribution in [2.45, 2.75) is 33.1 Å². The molecule has 13 heavy (non-hydrogen) atoms. The van der Waals surface area contributed by atoms with Gasteiger partial charge in [0.15, 0.2) is 0 Å². The van der Waals surface area contributed by atoms with Gasteiger partial charge in [-0.25, -0.2) is 0 Å². The fraction of sp³-hybridized carbons (Fsp3) is 0.455. The third kappa shape index (κ3) is 4.35. The summed E-state index contributed by atoms with van der Waals surface area (Å²) >= 11 is 0. The van der Waals surface area contributed by atoms with E-state index in [0.717, 1.165) is 18.4 Å². The molecule has 0 spiro atoms. The molecule has 70 valence electrons. The average Bonchev–Trinajstić information content (AvgIpc) is 2.07. The molecule has 0 aliphatic rings. The average molecular weight is 206 g/mol. The fourth-order valence-electron chi connectivity index (χ4n) is 1.28. The zero-order valence-electron chi connectivity index (χ0n) is 10.5. The van der Waals surface area contributed by atoms with Gasteiger partial charge < -0.3 is 7.96 Å². The minimum absolute atomic E-state index is 0. The predicted molar refractivity (Wildman–Crippen MR) is 59.4 cm³/mol. The third-order valence-electron chi connectivity index (χ3n) is 2.03. The van der Waals surface area contributed by atoms with Gasteiger partial charge in [0.25, 0.3) is 0 Å². The van der Waals surface area contributed by atoms with Gasteiger partial charge in [-0.15, -0.1) is 0 Å². The molecule has 0 radical (unpaired) electrons. The van der Waals surface area contributed by atoms with Crippen molar-refractivity contribution in [3.63, 3.8) is 0 Å². The Balaban J connectivity index is -0.000000480. The van der Waals surface area contributed by atoms with Crippen molar-refractivity contribution in [1.29, 1.82) is 0 Å². The molecule has 0 heterocycles. The molecule has 1 N–H and O–H groups in total. The van der Waals surface area contributed by atoms with Crippen LogP contribution in [0.5, 0.6) is 5.75 Å². The maximum absolute atomic E-state index is 9.46. The minimum Gasteiger partial charge on any atom is -1.00 e. The first-order chi connectivity index (χ1) is 5.74. The molecule has 0 aromatic heterocycles. The molecule has 2 heteroatoms. The molecule has 0 saturated heterocycles. The normalized spacial score (nSPS) is 9.38. The maximum Gasteiger partial charge on any atom is 2.00 e. The van der Waals surface area contributed by atoms with Crippen LogP contribution in [-0.2, 0) is 6.42 Å². The largest absolute Gasteiger partial charge is 2.00 e. The number of unbranched alkanes of at least 4 members (excludes halogenated alkanes) is 1. The first-order valence-corrected chi connectivity index (χ1v) is 4.52. The van der Waals surface area contributed by atoms with E-state index in [-0.39, 0.29) is 40.6 Å². The molecule has 0 atom stereocenters. The van der Waals surface area contributed by atoms with Gasteiger partial charge in [-0.05, 0) is 31.4 Å². The van der Waals surface area contributed by atoms with Gasteiger partial charge in [0.1, 0.15) is 5.75 Å². The van der Waals surface area contributed by atoms with Crippen molar-refractivity contribution in [2.75, 3.05) is 0 Å². The second kappa shape index (κ2) is 6.69. The molecule has 1 aromatic rings. The van der Waals surface area contributed by atoms with Crippen LogP contribution in [0.1, 0.15) is 33.7 Å². The van der Waals surface area contributed by atoms with Crippen molar-refractivity contribution in [1.82, 2.24) is 0 Å². The molecule has 0 bridgehead atoms. The Morgan fingerprint density at radius 2 is 2.08 bits per heavy atom. The van der Waals surface area contributed by atoms with Crippen molar-refractivity contribution in [3.8, 4) is 5.75 Å². The number of aryl methyl sites for hydroxylation is 2. The number of hydrogen-bond acceptors (Lipinski definition) is 1. The van der Waals surface area contributed by atoms with Crippen LogP contribution < -0.4 is 0 Å². The van der Waals surface area contributed by atoms with E-state index in [1.165, 1.54) is 12.0 Å². The Kier molecular flexibility index (Phi) is 6.84. The zero-order chi connectivity index (χ0) is 8.97. The smallest absolute Gasteiger partial charge is 1.00 e. The van der Waals surface area contributed by atoms with Crippen molar-refractivity contribution < 1.29 is 7.96 Å². The molecule has 0 saturated carbocycles. The van der Waals surface area contributed by atoms with Gasteiger partial charge in [0.05, 0.1) is 0 Å². The van der Waals surface area contributed by atoms with Crippen LogP contribution in [0.4, 0.5) is 0 Å².